The van der Waals surface area contributed by atoms with Gasteiger partial charge in [-0.1, -0.05) is 0 Å². The van der Waals surface area contributed by atoms with Gasteiger partial charge in [0.2, 0.25) is 0 Å². The van der Waals surface area contributed by atoms with Crippen molar-refractivity contribution in [2.24, 2.45) is 5.92 Å². The molecule has 5 heavy (non-hydrogen) atoms. The third-order valence-electron chi connectivity index (χ3n) is 1.04. The van der Waals surface area contributed by atoms with E-state index in [-0.39, 0.29) is 0 Å². The second-order valence-corrected chi connectivity index (χ2v) is 1.57. The summed E-state index contributed by atoms with van der Waals surface area (Å²) in [6, 6.07) is 0. The lowest BCUT2D eigenvalue weighted by Gasteiger charge is -2.18. The molecule has 0 aromatic rings. The Bertz CT molecular complexity index is 27.0. The Balaban J connectivity index is 2.08. The summed E-state index contributed by atoms with van der Waals surface area (Å²) in [4.78, 5) is 0. The minimum atomic E-state index is 0.690. The van der Waals surface area contributed by atoms with E-state index in [0.717, 1.165) is 0 Å². The molecule has 1 aliphatic carbocycles. The minimum Gasteiger partial charge on any atom is -0.0499 e. The van der Waals surface area contributed by atoms with Crippen molar-refractivity contribution >= 4 is 0 Å². The molecule has 0 aromatic carbocycles. The molecule has 2 radical (unpaired) electrons. The molecule has 0 heteroatoms. The van der Waals surface area contributed by atoms with E-state index in [4.69, 9.17) is 0 Å². The number of hydrogen-bond donors (Lipinski definition) is 0. The van der Waals surface area contributed by atoms with Crippen LogP contribution in [0.4, 0.5) is 0 Å². The molecule has 1 saturated carbocycles. The highest BCUT2D eigenvalue weighted by atomic mass is 14.1. The van der Waals surface area contributed by atoms with Crippen molar-refractivity contribution in [2.75, 3.05) is 0 Å². The molecule has 1 atom stereocenters. The van der Waals surface area contributed by atoms with Crippen molar-refractivity contribution in [1.29, 1.82) is 0 Å². The molecule has 1 fully saturated rings. The molecular weight excluding hydrogens is 60.1 g/mol. The van der Waals surface area contributed by atoms with Gasteiger partial charge < -0.3 is 0 Å². The van der Waals surface area contributed by atoms with Gasteiger partial charge in [0.1, 0.15) is 0 Å². The average Bonchev–Trinajstić information content (AvgIpc) is 1.30. The van der Waals surface area contributed by atoms with Gasteiger partial charge >= 0.3 is 0 Å². The second kappa shape index (κ2) is 1.00. The van der Waals surface area contributed by atoms with E-state index in [0.29, 0.717) is 5.92 Å². The van der Waals surface area contributed by atoms with Gasteiger partial charge in [-0.3, -0.25) is 0 Å². The molecule has 0 heterocycles. The first kappa shape index (κ1) is 3.20. The molecule has 1 unspecified atom stereocenters. The quantitative estimate of drug-likeness (QED) is 0.403. The maximum Gasteiger partial charge on any atom is -0.0355 e. The van der Waals surface area contributed by atoms with Gasteiger partial charge in [0.15, 0.2) is 0 Å². The van der Waals surface area contributed by atoms with E-state index in [2.05, 4.69) is 13.3 Å². The molecule has 0 N–H and O–H groups in total. The molecule has 1 rings (SSSR count). The summed E-state index contributed by atoms with van der Waals surface area (Å²) in [7, 11) is 0. The van der Waals surface area contributed by atoms with Crippen molar-refractivity contribution in [3.8, 4) is 0 Å². The maximum atomic E-state index is 3.79. The summed E-state index contributed by atoms with van der Waals surface area (Å²) in [6.45, 7) is 3.79. The van der Waals surface area contributed by atoms with Crippen LogP contribution in [0.25, 0.3) is 0 Å². The Kier molecular flexibility index (Phi) is 0.640. The Labute approximate surface area is 33.2 Å². The Morgan fingerprint density at radius 2 is 2.20 bits per heavy atom. The third kappa shape index (κ3) is 0.444. The second-order valence-electron chi connectivity index (χ2n) is 1.57. The highest BCUT2D eigenvalue weighted by molar-refractivity contribution is 4.88. The fourth-order valence-electron chi connectivity index (χ4n) is 0.402. The van der Waals surface area contributed by atoms with Crippen LogP contribution < -0.4 is 0 Å². The predicted molar refractivity (Wildman–Crippen MR) is 22.4 cm³/mol. The van der Waals surface area contributed by atoms with Gasteiger partial charge in [0, 0.05) is 0 Å². The molecule has 0 saturated heterocycles. The SMILES string of the molecule is [CH2]C1[CH]CC1. The van der Waals surface area contributed by atoms with Crippen molar-refractivity contribution in [1.82, 2.24) is 0 Å². The zero-order valence-electron chi connectivity index (χ0n) is 3.28. The number of hydrogen-bond acceptors (Lipinski definition) is 0. The number of rotatable bonds is 0. The maximum absolute atomic E-state index is 3.79. The molecule has 0 nitrogen and oxygen atoms in total. The highest BCUT2D eigenvalue weighted by Crippen LogP contribution is 2.22. The van der Waals surface area contributed by atoms with Gasteiger partial charge in [-0.25, -0.2) is 0 Å². The van der Waals surface area contributed by atoms with Gasteiger partial charge in [-0.05, 0) is 32.1 Å². The van der Waals surface area contributed by atoms with Crippen LogP contribution in [-0.2, 0) is 0 Å². The van der Waals surface area contributed by atoms with E-state index in [1.807, 2.05) is 0 Å². The van der Waals surface area contributed by atoms with Crippen LogP contribution >= 0.6 is 0 Å². The average molecular weight is 68.1 g/mol. The summed E-state index contributed by atoms with van der Waals surface area (Å²) >= 11 is 0. The lowest BCUT2D eigenvalue weighted by Crippen LogP contribution is -2.05. The standard InChI is InChI=1S/C5H8/c1-5-3-2-4-5/h3,5H,1-2,4H2. The molecule has 0 amide bonds. The fourth-order valence-corrected chi connectivity index (χ4v) is 0.402. The Morgan fingerprint density at radius 3 is 2.20 bits per heavy atom. The fraction of sp³-hybridized carbons (Fsp3) is 0.600. The lowest BCUT2D eigenvalue weighted by molar-refractivity contribution is 0.518. The molecule has 0 bridgehead atoms. The molecular formula is C5H8. The first-order valence-corrected chi connectivity index (χ1v) is 2.06. The summed E-state index contributed by atoms with van der Waals surface area (Å²) in [5.41, 5.74) is 0. The van der Waals surface area contributed by atoms with E-state index in [1.54, 1.807) is 0 Å². The van der Waals surface area contributed by atoms with Crippen molar-refractivity contribution in [3.05, 3.63) is 13.3 Å². The molecule has 0 aromatic heterocycles. The van der Waals surface area contributed by atoms with Crippen LogP contribution in [0.3, 0.4) is 0 Å². The van der Waals surface area contributed by atoms with E-state index >= 15 is 0 Å². The third-order valence-corrected chi connectivity index (χ3v) is 1.04. The summed E-state index contributed by atoms with van der Waals surface area (Å²) in [5, 5.41) is 0. The largest absolute Gasteiger partial charge is 0.0499 e. The minimum absolute atomic E-state index is 0.690. The van der Waals surface area contributed by atoms with Crippen LogP contribution in [0.15, 0.2) is 0 Å². The van der Waals surface area contributed by atoms with Crippen LogP contribution in [0.5, 0.6) is 0 Å². The summed E-state index contributed by atoms with van der Waals surface area (Å²) < 4.78 is 0. The van der Waals surface area contributed by atoms with Crippen molar-refractivity contribution < 1.29 is 0 Å². The van der Waals surface area contributed by atoms with Crippen LogP contribution in [0.1, 0.15) is 12.8 Å². The smallest absolute Gasteiger partial charge is 0.0355 e. The Hall–Kier alpha value is 0. The first-order valence-electron chi connectivity index (χ1n) is 2.06. The monoisotopic (exact) mass is 68.1 g/mol. The lowest BCUT2D eigenvalue weighted by atomic mass is 9.88. The van der Waals surface area contributed by atoms with Gasteiger partial charge in [0.05, 0.1) is 0 Å². The summed E-state index contributed by atoms with van der Waals surface area (Å²) in [5.74, 6) is 0.690. The van der Waals surface area contributed by atoms with E-state index in [1.165, 1.54) is 12.8 Å². The summed E-state index contributed by atoms with van der Waals surface area (Å²) in [6.07, 6.45) is 4.86. The van der Waals surface area contributed by atoms with Gasteiger partial charge in [0.25, 0.3) is 0 Å². The molecule has 0 spiro atoms. The normalized spacial score (nSPS) is 25.8. The van der Waals surface area contributed by atoms with E-state index in [9.17, 15) is 0 Å². The zero-order chi connectivity index (χ0) is 3.70. The predicted octanol–water partition coefficient (Wildman–Crippen LogP) is 1.43. The topological polar surface area (TPSA) is 0 Å². The van der Waals surface area contributed by atoms with Crippen LogP contribution in [0, 0.1) is 19.3 Å². The first-order chi connectivity index (χ1) is 2.39. The highest BCUT2D eigenvalue weighted by Gasteiger charge is 2.09. The van der Waals surface area contributed by atoms with Crippen LogP contribution in [0.2, 0.25) is 0 Å². The zero-order valence-corrected chi connectivity index (χ0v) is 3.28. The molecule has 0 aliphatic heterocycles. The van der Waals surface area contributed by atoms with Crippen LogP contribution in [-0.4, -0.2) is 0 Å². The van der Waals surface area contributed by atoms with Crippen molar-refractivity contribution in [2.45, 2.75) is 12.8 Å². The Morgan fingerprint density at radius 1 is 1.80 bits per heavy atom. The van der Waals surface area contributed by atoms with Gasteiger partial charge in [-0.15, -0.1) is 0 Å². The van der Waals surface area contributed by atoms with E-state index < -0.39 is 0 Å². The van der Waals surface area contributed by atoms with Gasteiger partial charge in [-0.2, -0.15) is 0 Å². The molecule has 28 valence electrons. The van der Waals surface area contributed by atoms with Crippen molar-refractivity contribution in [3.63, 3.8) is 0 Å². The molecule has 1 aliphatic rings.